The van der Waals surface area contributed by atoms with Gasteiger partial charge in [0.1, 0.15) is 11.5 Å². The number of para-hydroxylation sites is 2. The third kappa shape index (κ3) is 4.33. The molecule has 0 aliphatic carbocycles. The van der Waals surface area contributed by atoms with Gasteiger partial charge in [-0.3, -0.25) is 9.13 Å². The number of fused-ring (bicyclic) bond motifs is 3. The van der Waals surface area contributed by atoms with E-state index in [2.05, 4.69) is 28.1 Å². The van der Waals surface area contributed by atoms with Gasteiger partial charge in [-0.1, -0.05) is 24.3 Å². The number of aryl methyl sites for hydroxylation is 1. The second-order valence-electron chi connectivity index (χ2n) is 9.86. The number of aromatic nitrogens is 3. The van der Waals surface area contributed by atoms with Crippen LogP contribution in [0.4, 0.5) is 0 Å². The summed E-state index contributed by atoms with van der Waals surface area (Å²) < 4.78 is 15.6. The molecule has 0 atom stereocenters. The molecule has 7 heteroatoms. The van der Waals surface area contributed by atoms with Gasteiger partial charge < -0.3 is 14.4 Å². The number of allylic oxidation sites excluding steroid dienone is 1. The first kappa shape index (κ1) is 23.6. The van der Waals surface area contributed by atoms with Crippen molar-refractivity contribution in [3.63, 3.8) is 0 Å². The fourth-order valence-electron chi connectivity index (χ4n) is 5.79. The van der Waals surface area contributed by atoms with Crippen molar-refractivity contribution >= 4 is 16.6 Å². The van der Waals surface area contributed by atoms with Crippen molar-refractivity contribution in [2.24, 2.45) is 7.05 Å². The van der Waals surface area contributed by atoms with Crippen LogP contribution < -0.4 is 15.2 Å². The molecule has 0 saturated carbocycles. The fourth-order valence-corrected chi connectivity index (χ4v) is 5.79. The highest BCUT2D eigenvalue weighted by atomic mass is 16.5. The number of piperidine rings is 1. The topological polar surface area (TPSA) is 61.5 Å². The van der Waals surface area contributed by atoms with Crippen molar-refractivity contribution in [3.8, 4) is 17.4 Å². The van der Waals surface area contributed by atoms with Gasteiger partial charge in [-0.15, -0.1) is 0 Å². The predicted molar refractivity (Wildman–Crippen MR) is 145 cm³/mol. The first-order chi connectivity index (χ1) is 18.1. The number of hydrogen-bond donors (Lipinski definition) is 0. The Hall–Kier alpha value is -3.84. The maximum absolute atomic E-state index is 13.0. The molecule has 2 aromatic heterocycles. The van der Waals surface area contributed by atoms with Crippen molar-refractivity contribution in [1.82, 2.24) is 19.0 Å². The molecule has 0 bridgehead atoms. The summed E-state index contributed by atoms with van der Waals surface area (Å²) in [7, 11) is 3.56. The van der Waals surface area contributed by atoms with Crippen LogP contribution in [0.2, 0.25) is 0 Å². The Morgan fingerprint density at radius 2 is 1.86 bits per heavy atom. The minimum Gasteiger partial charge on any atom is -0.496 e. The van der Waals surface area contributed by atoms with Gasteiger partial charge in [0.2, 0.25) is 5.88 Å². The third-order valence-electron chi connectivity index (χ3n) is 7.75. The molecule has 4 heterocycles. The Balaban J connectivity index is 1.16. The number of ether oxygens (including phenoxy) is 2. The van der Waals surface area contributed by atoms with Crippen LogP contribution >= 0.6 is 0 Å². The SMILES string of the molecule is COc1cccc2c1CC(=CCCN1CCC(n3c(=O)n(C)c4ccccc43)CC1)c1cccnc1O2. The molecule has 4 aromatic rings. The zero-order valence-electron chi connectivity index (χ0n) is 21.4. The normalized spacial score (nSPS) is 17.3. The van der Waals surface area contributed by atoms with Gasteiger partial charge in [-0.05, 0) is 61.2 Å². The Morgan fingerprint density at radius 3 is 2.68 bits per heavy atom. The molecule has 0 amide bonds. The molecular formula is C30H32N4O3. The summed E-state index contributed by atoms with van der Waals surface area (Å²) in [6.45, 7) is 2.96. The lowest BCUT2D eigenvalue weighted by Gasteiger charge is -2.32. The molecule has 2 aliphatic heterocycles. The number of pyridine rings is 1. The van der Waals surface area contributed by atoms with Gasteiger partial charge in [0, 0.05) is 56.5 Å². The highest BCUT2D eigenvalue weighted by molar-refractivity contribution is 5.76. The minimum atomic E-state index is 0.0861. The molecule has 190 valence electrons. The van der Waals surface area contributed by atoms with Gasteiger partial charge in [-0.2, -0.15) is 0 Å². The molecule has 0 radical (unpaired) electrons. The lowest BCUT2D eigenvalue weighted by atomic mass is 9.97. The Morgan fingerprint density at radius 1 is 1.05 bits per heavy atom. The molecule has 7 nitrogen and oxygen atoms in total. The number of benzene rings is 2. The van der Waals surface area contributed by atoms with E-state index in [1.165, 1.54) is 5.57 Å². The van der Waals surface area contributed by atoms with Gasteiger partial charge in [-0.25, -0.2) is 9.78 Å². The Labute approximate surface area is 216 Å². The average Bonchev–Trinajstić information content (AvgIpc) is 3.08. The molecule has 6 rings (SSSR count). The van der Waals surface area contributed by atoms with Crippen LogP contribution in [0.3, 0.4) is 0 Å². The molecule has 2 aromatic carbocycles. The highest BCUT2D eigenvalue weighted by Crippen LogP contribution is 2.41. The number of hydrogen-bond acceptors (Lipinski definition) is 5. The largest absolute Gasteiger partial charge is 0.496 e. The number of rotatable bonds is 5. The van der Waals surface area contributed by atoms with E-state index in [0.717, 1.165) is 79.0 Å². The summed E-state index contributed by atoms with van der Waals surface area (Å²) in [5.74, 6) is 2.28. The summed E-state index contributed by atoms with van der Waals surface area (Å²) >= 11 is 0. The summed E-state index contributed by atoms with van der Waals surface area (Å²) in [5.41, 5.74) is 5.43. The van der Waals surface area contributed by atoms with Crippen molar-refractivity contribution in [1.29, 1.82) is 0 Å². The smallest absolute Gasteiger partial charge is 0.329 e. The summed E-state index contributed by atoms with van der Waals surface area (Å²) in [4.78, 5) is 20.0. The maximum atomic E-state index is 13.0. The lowest BCUT2D eigenvalue weighted by molar-refractivity contribution is 0.189. The minimum absolute atomic E-state index is 0.0861. The Bertz CT molecular complexity index is 1530. The van der Waals surface area contributed by atoms with E-state index in [1.54, 1.807) is 17.9 Å². The number of methoxy groups -OCH3 is 1. The van der Waals surface area contributed by atoms with Crippen molar-refractivity contribution < 1.29 is 9.47 Å². The average molecular weight is 497 g/mol. The van der Waals surface area contributed by atoms with Crippen molar-refractivity contribution in [3.05, 3.63) is 88.5 Å². The van der Waals surface area contributed by atoms with E-state index >= 15 is 0 Å². The van der Waals surface area contributed by atoms with Crippen molar-refractivity contribution in [2.45, 2.75) is 31.7 Å². The molecule has 2 aliphatic rings. The van der Waals surface area contributed by atoms with Crippen LogP contribution in [0.15, 0.2) is 71.7 Å². The van der Waals surface area contributed by atoms with E-state index in [1.807, 2.05) is 54.1 Å². The quantitative estimate of drug-likeness (QED) is 0.380. The van der Waals surface area contributed by atoms with Crippen LogP contribution in [0.25, 0.3) is 16.6 Å². The maximum Gasteiger partial charge on any atom is 0.329 e. The van der Waals surface area contributed by atoms with E-state index in [-0.39, 0.29) is 11.7 Å². The molecule has 1 saturated heterocycles. The highest BCUT2D eigenvalue weighted by Gasteiger charge is 2.25. The lowest BCUT2D eigenvalue weighted by Crippen LogP contribution is -2.38. The van der Waals surface area contributed by atoms with Crippen LogP contribution in [-0.4, -0.2) is 45.8 Å². The van der Waals surface area contributed by atoms with Gasteiger partial charge >= 0.3 is 5.69 Å². The summed E-state index contributed by atoms with van der Waals surface area (Å²) in [5, 5.41) is 0. The second-order valence-corrected chi connectivity index (χ2v) is 9.86. The Kier molecular flexibility index (Phi) is 6.30. The third-order valence-corrected chi connectivity index (χ3v) is 7.75. The first-order valence-corrected chi connectivity index (χ1v) is 13.0. The van der Waals surface area contributed by atoms with E-state index < -0.39 is 0 Å². The van der Waals surface area contributed by atoms with Gasteiger partial charge in [0.15, 0.2) is 0 Å². The molecular weight excluding hydrogens is 464 g/mol. The second kappa shape index (κ2) is 9.90. The first-order valence-electron chi connectivity index (χ1n) is 13.0. The summed E-state index contributed by atoms with van der Waals surface area (Å²) in [6.07, 6.45) is 7.74. The number of nitrogens with zero attached hydrogens (tertiary/aromatic N) is 4. The van der Waals surface area contributed by atoms with Gasteiger partial charge in [0.05, 0.1) is 18.1 Å². The fraction of sp³-hybridized carbons (Fsp3) is 0.333. The van der Waals surface area contributed by atoms with E-state index in [0.29, 0.717) is 5.88 Å². The van der Waals surface area contributed by atoms with Gasteiger partial charge in [0.25, 0.3) is 0 Å². The standard InChI is InChI=1S/C30H32N4O3/c1-32-25-10-3-4-11-26(25)34(30(32)35)22-14-18-33(19-15-22)17-7-8-21-20-24-27(36-2)12-5-13-28(24)37-29-23(21)9-6-16-31-29/h3-6,8-13,16,22H,7,14-15,17-20H2,1-2H3. The van der Waals surface area contributed by atoms with Crippen molar-refractivity contribution in [2.75, 3.05) is 26.7 Å². The summed E-state index contributed by atoms with van der Waals surface area (Å²) in [6, 6.07) is 18.3. The molecule has 0 unspecified atom stereocenters. The van der Waals surface area contributed by atoms with E-state index in [9.17, 15) is 4.79 Å². The molecule has 37 heavy (non-hydrogen) atoms. The van der Waals surface area contributed by atoms with Crippen LogP contribution in [0, 0.1) is 0 Å². The van der Waals surface area contributed by atoms with Crippen LogP contribution in [0.1, 0.15) is 36.4 Å². The zero-order valence-corrected chi connectivity index (χ0v) is 21.4. The van der Waals surface area contributed by atoms with E-state index in [4.69, 9.17) is 9.47 Å². The predicted octanol–water partition coefficient (Wildman–Crippen LogP) is 5.20. The van der Waals surface area contributed by atoms with Crippen LogP contribution in [0.5, 0.6) is 17.4 Å². The zero-order chi connectivity index (χ0) is 25.4. The number of imidazole rings is 1. The molecule has 1 fully saturated rings. The molecule has 0 N–H and O–H groups in total. The number of likely N-dealkylation sites (tertiary alicyclic amines) is 1. The van der Waals surface area contributed by atoms with Crippen LogP contribution in [-0.2, 0) is 13.5 Å². The monoisotopic (exact) mass is 496 g/mol. The molecule has 0 spiro atoms.